The monoisotopic (exact) mass is 373 g/mol. The summed E-state index contributed by atoms with van der Waals surface area (Å²) in [6.07, 6.45) is 1.99. The van der Waals surface area contributed by atoms with Gasteiger partial charge in [-0.25, -0.2) is 9.18 Å². The van der Waals surface area contributed by atoms with Gasteiger partial charge >= 0.3 is 5.97 Å². The molecule has 4 nitrogen and oxygen atoms in total. The summed E-state index contributed by atoms with van der Waals surface area (Å²) in [6, 6.07) is 3.32. The molecule has 2 aliphatic rings. The van der Waals surface area contributed by atoms with Crippen LogP contribution in [0.2, 0.25) is 0 Å². The second kappa shape index (κ2) is 5.61. The maximum absolute atomic E-state index is 14.0. The number of carboxylic acids is 1. The predicted molar refractivity (Wildman–Crippen MR) is 80.7 cm³/mol. The first-order valence-electron chi connectivity index (χ1n) is 6.61. The van der Waals surface area contributed by atoms with E-state index >= 15 is 0 Å². The molecule has 0 radical (unpaired) electrons. The first-order chi connectivity index (χ1) is 9.99. The van der Waals surface area contributed by atoms with Crippen molar-refractivity contribution in [2.24, 2.45) is 5.92 Å². The third-order valence-corrected chi connectivity index (χ3v) is 5.70. The van der Waals surface area contributed by atoms with Gasteiger partial charge in [0.25, 0.3) is 5.91 Å². The molecule has 1 aliphatic carbocycles. The minimum Gasteiger partial charge on any atom is -0.480 e. The topological polar surface area (TPSA) is 57.6 Å². The van der Waals surface area contributed by atoms with Gasteiger partial charge in [0, 0.05) is 10.2 Å². The minimum absolute atomic E-state index is 0.0717. The Labute approximate surface area is 133 Å². The van der Waals surface area contributed by atoms with E-state index in [9.17, 15) is 19.1 Å². The largest absolute Gasteiger partial charge is 0.480 e. The number of nitrogens with zero attached hydrogens (tertiary/aromatic N) is 1. The van der Waals surface area contributed by atoms with E-state index in [1.54, 1.807) is 6.07 Å². The zero-order valence-corrected chi connectivity index (χ0v) is 13.4. The Kier molecular flexibility index (Phi) is 3.96. The van der Waals surface area contributed by atoms with Crippen LogP contribution < -0.4 is 0 Å². The molecule has 2 atom stereocenters. The molecule has 2 fully saturated rings. The lowest BCUT2D eigenvalue weighted by Gasteiger charge is -2.27. The van der Waals surface area contributed by atoms with E-state index in [4.69, 9.17) is 0 Å². The van der Waals surface area contributed by atoms with Crippen molar-refractivity contribution in [3.8, 4) is 0 Å². The lowest BCUT2D eigenvalue weighted by atomic mass is 10.1. The number of carboxylic acid groups (broad SMARTS) is 1. The number of hydrogen-bond donors (Lipinski definition) is 1. The molecule has 1 aliphatic heterocycles. The van der Waals surface area contributed by atoms with Gasteiger partial charge in [0.15, 0.2) is 0 Å². The predicted octanol–water partition coefficient (Wildman–Crippen LogP) is 2.97. The van der Waals surface area contributed by atoms with Gasteiger partial charge in [-0.1, -0.05) is 15.9 Å². The number of carbonyl (C=O) groups excluding carboxylic acids is 1. The molecular formula is C14H13BrFNO3S. The van der Waals surface area contributed by atoms with Crippen LogP contribution in [0.5, 0.6) is 0 Å². The number of amides is 1. The molecule has 0 spiro atoms. The number of aliphatic carboxylic acids is 1. The summed E-state index contributed by atoms with van der Waals surface area (Å²) in [5.41, 5.74) is -0.0717. The molecule has 1 aromatic carbocycles. The minimum atomic E-state index is -1.03. The fraction of sp³-hybridized carbons (Fsp3) is 0.429. The van der Waals surface area contributed by atoms with Crippen molar-refractivity contribution in [3.63, 3.8) is 0 Å². The second-order valence-corrected chi connectivity index (χ2v) is 7.32. The quantitative estimate of drug-likeness (QED) is 0.884. The highest BCUT2D eigenvalue weighted by atomic mass is 79.9. The molecule has 1 saturated heterocycles. The Bertz CT molecular complexity index is 608. The third-order valence-electron chi connectivity index (χ3n) is 3.74. The number of thioether (sulfide) groups is 1. The van der Waals surface area contributed by atoms with Gasteiger partial charge in [-0.05, 0) is 37.0 Å². The molecule has 1 N–H and O–H groups in total. The number of carbonyl (C=O) groups is 2. The molecule has 7 heteroatoms. The summed E-state index contributed by atoms with van der Waals surface area (Å²) >= 11 is 4.63. The van der Waals surface area contributed by atoms with E-state index in [0.717, 1.165) is 12.8 Å². The molecular weight excluding hydrogens is 361 g/mol. The van der Waals surface area contributed by atoms with Gasteiger partial charge in [-0.15, -0.1) is 11.8 Å². The first kappa shape index (κ1) is 14.8. The van der Waals surface area contributed by atoms with Crippen molar-refractivity contribution >= 4 is 39.6 Å². The van der Waals surface area contributed by atoms with Gasteiger partial charge in [0.1, 0.15) is 11.9 Å². The standard InChI is InChI=1S/C14H13BrFNO3S/c15-8-3-4-9(10(16)5-8)12(18)17-11(14(19)20)6-21-13(17)7-1-2-7/h3-5,7,11,13H,1-2,6H2,(H,19,20). The fourth-order valence-corrected chi connectivity index (χ4v) is 4.49. The van der Waals surface area contributed by atoms with Crippen molar-refractivity contribution in [1.29, 1.82) is 0 Å². The van der Waals surface area contributed by atoms with Gasteiger partial charge in [-0.2, -0.15) is 0 Å². The fourth-order valence-electron chi connectivity index (χ4n) is 2.52. The highest BCUT2D eigenvalue weighted by Crippen LogP contribution is 2.46. The Morgan fingerprint density at radius 3 is 2.67 bits per heavy atom. The highest BCUT2D eigenvalue weighted by Gasteiger charge is 2.48. The number of rotatable bonds is 3. The van der Waals surface area contributed by atoms with Crippen LogP contribution in [0.4, 0.5) is 4.39 Å². The third kappa shape index (κ3) is 2.81. The Morgan fingerprint density at radius 2 is 2.10 bits per heavy atom. The molecule has 1 heterocycles. The summed E-state index contributed by atoms with van der Waals surface area (Å²) in [6.45, 7) is 0. The molecule has 1 aromatic rings. The zero-order valence-electron chi connectivity index (χ0n) is 11.0. The van der Waals surface area contributed by atoms with Crippen LogP contribution in [0.1, 0.15) is 23.2 Å². The average Bonchev–Trinajstić information content (AvgIpc) is 3.16. The van der Waals surface area contributed by atoms with E-state index < -0.39 is 23.7 Å². The normalized spacial score (nSPS) is 25.1. The maximum atomic E-state index is 14.0. The summed E-state index contributed by atoms with van der Waals surface area (Å²) < 4.78 is 14.5. The molecule has 112 valence electrons. The van der Waals surface area contributed by atoms with Gasteiger partial charge in [0.2, 0.25) is 0 Å². The van der Waals surface area contributed by atoms with Crippen LogP contribution in [0.3, 0.4) is 0 Å². The van der Waals surface area contributed by atoms with E-state index in [0.29, 0.717) is 16.1 Å². The molecule has 21 heavy (non-hydrogen) atoms. The average molecular weight is 374 g/mol. The Hall–Kier alpha value is -1.08. The van der Waals surface area contributed by atoms with Crippen LogP contribution in [-0.2, 0) is 4.79 Å². The van der Waals surface area contributed by atoms with Gasteiger partial charge in [-0.3, -0.25) is 4.79 Å². The molecule has 1 amide bonds. The summed E-state index contributed by atoms with van der Waals surface area (Å²) in [5, 5.41) is 9.15. The lowest BCUT2D eigenvalue weighted by Crippen LogP contribution is -2.46. The molecule has 2 unspecified atom stereocenters. The number of halogens is 2. The van der Waals surface area contributed by atoms with Crippen molar-refractivity contribution in [2.45, 2.75) is 24.3 Å². The van der Waals surface area contributed by atoms with Crippen molar-refractivity contribution in [2.75, 3.05) is 5.75 Å². The van der Waals surface area contributed by atoms with E-state index in [1.165, 1.54) is 28.8 Å². The summed E-state index contributed by atoms with van der Waals surface area (Å²) in [4.78, 5) is 25.4. The first-order valence-corrected chi connectivity index (χ1v) is 8.45. The lowest BCUT2D eigenvalue weighted by molar-refractivity contribution is -0.141. The maximum Gasteiger partial charge on any atom is 0.327 e. The van der Waals surface area contributed by atoms with Gasteiger partial charge < -0.3 is 10.0 Å². The van der Waals surface area contributed by atoms with Crippen molar-refractivity contribution in [1.82, 2.24) is 4.90 Å². The van der Waals surface area contributed by atoms with Crippen LogP contribution >= 0.6 is 27.7 Å². The Balaban J connectivity index is 1.93. The van der Waals surface area contributed by atoms with Crippen LogP contribution in [0, 0.1) is 11.7 Å². The van der Waals surface area contributed by atoms with Gasteiger partial charge in [0.05, 0.1) is 10.9 Å². The van der Waals surface area contributed by atoms with E-state index in [-0.39, 0.29) is 10.9 Å². The summed E-state index contributed by atoms with van der Waals surface area (Å²) in [7, 11) is 0. The molecule has 1 saturated carbocycles. The SMILES string of the molecule is O=C(O)C1CSC(C2CC2)N1C(=O)c1ccc(Br)cc1F. The highest BCUT2D eigenvalue weighted by molar-refractivity contribution is 9.10. The van der Waals surface area contributed by atoms with E-state index in [2.05, 4.69) is 15.9 Å². The van der Waals surface area contributed by atoms with E-state index in [1.807, 2.05) is 0 Å². The molecule has 0 bridgehead atoms. The smallest absolute Gasteiger partial charge is 0.327 e. The second-order valence-electron chi connectivity index (χ2n) is 5.25. The number of hydrogen-bond acceptors (Lipinski definition) is 3. The van der Waals surface area contributed by atoms with Crippen molar-refractivity contribution in [3.05, 3.63) is 34.1 Å². The van der Waals surface area contributed by atoms with Crippen LogP contribution in [0.15, 0.2) is 22.7 Å². The number of benzene rings is 1. The van der Waals surface area contributed by atoms with Crippen molar-refractivity contribution < 1.29 is 19.1 Å². The Morgan fingerprint density at radius 1 is 1.38 bits per heavy atom. The van der Waals surface area contributed by atoms with Crippen LogP contribution in [-0.4, -0.2) is 39.1 Å². The van der Waals surface area contributed by atoms with Crippen LogP contribution in [0.25, 0.3) is 0 Å². The zero-order chi connectivity index (χ0) is 15.1. The molecule has 3 rings (SSSR count). The molecule has 0 aromatic heterocycles. The summed E-state index contributed by atoms with van der Waals surface area (Å²) in [5.74, 6) is -1.50.